The van der Waals surface area contributed by atoms with Crippen molar-refractivity contribution in [2.75, 3.05) is 7.11 Å². The molecule has 1 aromatic heterocycles. The minimum Gasteiger partial charge on any atom is -0.495 e. The molecule has 2 aromatic rings. The SMILES string of the molecule is COc1ccc(-n2nnc(CN)c2CC(C)C)cc1Cl. The number of nitrogens with two attached hydrogens (primary N) is 1. The zero-order valence-electron chi connectivity index (χ0n) is 11.9. The van der Waals surface area contributed by atoms with Crippen LogP contribution in [0.25, 0.3) is 5.69 Å². The van der Waals surface area contributed by atoms with E-state index in [1.165, 1.54) is 0 Å². The van der Waals surface area contributed by atoms with Crippen molar-refractivity contribution in [3.05, 3.63) is 34.6 Å². The molecule has 0 amide bonds. The van der Waals surface area contributed by atoms with E-state index < -0.39 is 0 Å². The van der Waals surface area contributed by atoms with Crippen LogP contribution in [0.3, 0.4) is 0 Å². The lowest BCUT2D eigenvalue weighted by atomic mass is 10.1. The Hall–Kier alpha value is -1.59. The molecule has 0 aliphatic carbocycles. The standard InChI is InChI=1S/C14H19ClN4O/c1-9(2)6-13-12(8-16)17-18-19(13)10-4-5-14(20-3)11(15)7-10/h4-5,7,9H,6,8,16H2,1-3H3. The van der Waals surface area contributed by atoms with Gasteiger partial charge < -0.3 is 10.5 Å². The molecule has 1 heterocycles. The molecule has 0 spiro atoms. The van der Waals surface area contributed by atoms with Crippen LogP contribution in [-0.2, 0) is 13.0 Å². The lowest BCUT2D eigenvalue weighted by Crippen LogP contribution is -2.09. The van der Waals surface area contributed by atoms with Crippen molar-refractivity contribution in [2.45, 2.75) is 26.8 Å². The van der Waals surface area contributed by atoms with Crippen LogP contribution in [0.4, 0.5) is 0 Å². The Bertz CT molecular complexity index is 595. The number of hydrogen-bond donors (Lipinski definition) is 1. The van der Waals surface area contributed by atoms with E-state index in [1.807, 2.05) is 18.2 Å². The fraction of sp³-hybridized carbons (Fsp3) is 0.429. The molecule has 2 N–H and O–H groups in total. The summed E-state index contributed by atoms with van der Waals surface area (Å²) in [6.07, 6.45) is 0.864. The van der Waals surface area contributed by atoms with E-state index in [9.17, 15) is 0 Å². The number of benzene rings is 1. The summed E-state index contributed by atoms with van der Waals surface area (Å²) in [7, 11) is 1.59. The van der Waals surface area contributed by atoms with Crippen molar-refractivity contribution in [2.24, 2.45) is 11.7 Å². The van der Waals surface area contributed by atoms with Crippen molar-refractivity contribution >= 4 is 11.6 Å². The smallest absolute Gasteiger partial charge is 0.137 e. The quantitative estimate of drug-likeness (QED) is 0.920. The maximum Gasteiger partial charge on any atom is 0.137 e. The summed E-state index contributed by atoms with van der Waals surface area (Å²) < 4.78 is 6.96. The molecule has 20 heavy (non-hydrogen) atoms. The van der Waals surface area contributed by atoms with Gasteiger partial charge >= 0.3 is 0 Å². The third-order valence-electron chi connectivity index (χ3n) is 3.02. The van der Waals surface area contributed by atoms with Gasteiger partial charge in [-0.1, -0.05) is 30.7 Å². The topological polar surface area (TPSA) is 66.0 Å². The van der Waals surface area contributed by atoms with Gasteiger partial charge in [-0.3, -0.25) is 0 Å². The molecule has 0 atom stereocenters. The van der Waals surface area contributed by atoms with E-state index in [0.29, 0.717) is 23.2 Å². The Kier molecular flexibility index (Phi) is 4.62. The van der Waals surface area contributed by atoms with E-state index in [2.05, 4.69) is 24.2 Å². The highest BCUT2D eigenvalue weighted by Gasteiger charge is 2.15. The van der Waals surface area contributed by atoms with Crippen molar-refractivity contribution in [3.8, 4) is 11.4 Å². The first-order chi connectivity index (χ1) is 9.56. The monoisotopic (exact) mass is 294 g/mol. The van der Waals surface area contributed by atoms with Crippen LogP contribution in [0.1, 0.15) is 25.2 Å². The van der Waals surface area contributed by atoms with Crippen LogP contribution in [-0.4, -0.2) is 22.1 Å². The molecule has 0 saturated heterocycles. The average Bonchev–Trinajstić information content (AvgIpc) is 2.80. The molecule has 6 heteroatoms. The second-order valence-corrected chi connectivity index (χ2v) is 5.42. The summed E-state index contributed by atoms with van der Waals surface area (Å²) in [6.45, 7) is 4.68. The zero-order valence-corrected chi connectivity index (χ0v) is 12.7. The van der Waals surface area contributed by atoms with E-state index in [-0.39, 0.29) is 0 Å². The summed E-state index contributed by atoms with van der Waals surface area (Å²) in [5, 5.41) is 8.89. The maximum atomic E-state index is 6.17. The van der Waals surface area contributed by atoms with Crippen molar-refractivity contribution in [3.63, 3.8) is 0 Å². The van der Waals surface area contributed by atoms with Crippen molar-refractivity contribution < 1.29 is 4.74 Å². The number of rotatable bonds is 5. The van der Waals surface area contributed by atoms with Gasteiger partial charge in [0.15, 0.2) is 0 Å². The van der Waals surface area contributed by atoms with E-state index in [4.69, 9.17) is 22.1 Å². The van der Waals surface area contributed by atoms with Crippen LogP contribution in [0.2, 0.25) is 5.02 Å². The van der Waals surface area contributed by atoms with Crippen LogP contribution in [0, 0.1) is 5.92 Å². The number of ether oxygens (including phenoxy) is 1. The van der Waals surface area contributed by atoms with Gasteiger partial charge in [0.25, 0.3) is 0 Å². The number of methoxy groups -OCH3 is 1. The Labute approximate surface area is 123 Å². The molecule has 0 fully saturated rings. The van der Waals surface area contributed by atoms with Crippen LogP contribution >= 0.6 is 11.6 Å². The van der Waals surface area contributed by atoms with Gasteiger partial charge in [0.2, 0.25) is 0 Å². The number of halogens is 1. The lowest BCUT2D eigenvalue weighted by molar-refractivity contribution is 0.415. The normalized spacial score (nSPS) is 11.1. The second-order valence-electron chi connectivity index (χ2n) is 5.02. The van der Waals surface area contributed by atoms with Gasteiger partial charge in [-0.05, 0) is 30.5 Å². The summed E-state index contributed by atoms with van der Waals surface area (Å²) in [6, 6.07) is 5.54. The van der Waals surface area contributed by atoms with Crippen LogP contribution in [0.15, 0.2) is 18.2 Å². The lowest BCUT2D eigenvalue weighted by Gasteiger charge is -2.11. The Morgan fingerprint density at radius 1 is 1.40 bits per heavy atom. The van der Waals surface area contributed by atoms with Gasteiger partial charge in [0, 0.05) is 6.54 Å². The molecule has 5 nitrogen and oxygen atoms in total. The zero-order chi connectivity index (χ0) is 14.7. The predicted octanol–water partition coefficient (Wildman–Crippen LogP) is 2.59. The van der Waals surface area contributed by atoms with E-state index in [0.717, 1.165) is 23.5 Å². The van der Waals surface area contributed by atoms with Gasteiger partial charge in [-0.15, -0.1) is 5.10 Å². The Morgan fingerprint density at radius 3 is 2.70 bits per heavy atom. The van der Waals surface area contributed by atoms with Gasteiger partial charge in [-0.2, -0.15) is 0 Å². The maximum absolute atomic E-state index is 6.17. The largest absolute Gasteiger partial charge is 0.495 e. The first-order valence-corrected chi connectivity index (χ1v) is 6.92. The van der Waals surface area contributed by atoms with E-state index in [1.54, 1.807) is 11.8 Å². The minimum atomic E-state index is 0.381. The molecule has 0 aliphatic rings. The van der Waals surface area contributed by atoms with Crippen molar-refractivity contribution in [1.82, 2.24) is 15.0 Å². The van der Waals surface area contributed by atoms with Crippen LogP contribution in [0.5, 0.6) is 5.75 Å². The molecule has 0 aliphatic heterocycles. The highest BCUT2D eigenvalue weighted by Crippen LogP contribution is 2.27. The summed E-state index contributed by atoms with van der Waals surface area (Å²) in [5.74, 6) is 1.13. The molecule has 108 valence electrons. The first kappa shape index (κ1) is 14.8. The molecule has 1 aromatic carbocycles. The van der Waals surface area contributed by atoms with E-state index >= 15 is 0 Å². The Morgan fingerprint density at radius 2 is 2.15 bits per heavy atom. The summed E-state index contributed by atoms with van der Waals surface area (Å²) in [5.41, 5.74) is 8.45. The number of nitrogens with zero attached hydrogens (tertiary/aromatic N) is 3. The molecule has 0 saturated carbocycles. The first-order valence-electron chi connectivity index (χ1n) is 6.54. The third-order valence-corrected chi connectivity index (χ3v) is 3.31. The molecule has 0 unspecified atom stereocenters. The third kappa shape index (κ3) is 2.94. The summed E-state index contributed by atoms with van der Waals surface area (Å²) >= 11 is 6.17. The summed E-state index contributed by atoms with van der Waals surface area (Å²) in [4.78, 5) is 0. The highest BCUT2D eigenvalue weighted by atomic mass is 35.5. The minimum absolute atomic E-state index is 0.381. The molecule has 2 rings (SSSR count). The average molecular weight is 295 g/mol. The number of aromatic nitrogens is 3. The fourth-order valence-corrected chi connectivity index (χ4v) is 2.33. The van der Waals surface area contributed by atoms with Gasteiger partial charge in [-0.25, -0.2) is 4.68 Å². The predicted molar refractivity (Wildman–Crippen MR) is 79.4 cm³/mol. The molecule has 0 bridgehead atoms. The van der Waals surface area contributed by atoms with Crippen molar-refractivity contribution in [1.29, 1.82) is 0 Å². The molecular weight excluding hydrogens is 276 g/mol. The van der Waals surface area contributed by atoms with Gasteiger partial charge in [0.05, 0.1) is 29.2 Å². The van der Waals surface area contributed by atoms with Crippen LogP contribution < -0.4 is 10.5 Å². The fourth-order valence-electron chi connectivity index (χ4n) is 2.08. The Balaban J connectivity index is 2.46. The molecule has 0 radical (unpaired) electrons. The number of hydrogen-bond acceptors (Lipinski definition) is 4. The highest BCUT2D eigenvalue weighted by molar-refractivity contribution is 6.32. The molecular formula is C14H19ClN4O. The second kappa shape index (κ2) is 6.24. The van der Waals surface area contributed by atoms with Gasteiger partial charge in [0.1, 0.15) is 5.75 Å².